The van der Waals surface area contributed by atoms with Crippen molar-refractivity contribution in [1.82, 2.24) is 14.8 Å². The first kappa shape index (κ1) is 17.6. The lowest BCUT2D eigenvalue weighted by atomic mass is 10.1. The highest BCUT2D eigenvalue weighted by atomic mass is 32.2. The van der Waals surface area contributed by atoms with Crippen molar-refractivity contribution in [3.63, 3.8) is 0 Å². The average molecular weight is 368 g/mol. The van der Waals surface area contributed by atoms with E-state index in [0.717, 1.165) is 41.3 Å². The van der Waals surface area contributed by atoms with Crippen LogP contribution in [0.1, 0.15) is 36.0 Å². The van der Waals surface area contributed by atoms with Crippen molar-refractivity contribution < 1.29 is 4.79 Å². The molecular formula is C21H25N3OS. The summed E-state index contributed by atoms with van der Waals surface area (Å²) in [4.78, 5) is 24.0. The van der Waals surface area contributed by atoms with E-state index in [1.165, 1.54) is 25.9 Å². The summed E-state index contributed by atoms with van der Waals surface area (Å²) >= 11 is 1.69. The van der Waals surface area contributed by atoms with Crippen molar-refractivity contribution in [3.05, 3.63) is 54.4 Å². The van der Waals surface area contributed by atoms with Crippen LogP contribution in [0.25, 0.3) is 0 Å². The Bertz CT molecular complexity index is 729. The molecule has 1 aromatic carbocycles. The number of amides is 1. The molecule has 0 N–H and O–H groups in total. The molecule has 0 saturated carbocycles. The van der Waals surface area contributed by atoms with E-state index >= 15 is 0 Å². The van der Waals surface area contributed by atoms with Gasteiger partial charge in [-0.2, -0.15) is 0 Å². The summed E-state index contributed by atoms with van der Waals surface area (Å²) in [5.41, 5.74) is 0.803. The third kappa shape index (κ3) is 4.10. The van der Waals surface area contributed by atoms with E-state index in [0.29, 0.717) is 6.04 Å². The second-order valence-electron chi connectivity index (χ2n) is 7.11. The quantitative estimate of drug-likeness (QED) is 0.802. The van der Waals surface area contributed by atoms with E-state index < -0.39 is 0 Å². The van der Waals surface area contributed by atoms with Gasteiger partial charge >= 0.3 is 0 Å². The van der Waals surface area contributed by atoms with Gasteiger partial charge < -0.3 is 9.80 Å². The van der Waals surface area contributed by atoms with E-state index in [1.54, 1.807) is 24.2 Å². The van der Waals surface area contributed by atoms with Gasteiger partial charge in [0.2, 0.25) is 0 Å². The van der Waals surface area contributed by atoms with Crippen molar-refractivity contribution in [2.75, 3.05) is 26.2 Å². The van der Waals surface area contributed by atoms with Gasteiger partial charge in [0.25, 0.3) is 5.91 Å². The number of rotatable bonds is 5. The lowest BCUT2D eigenvalue weighted by Gasteiger charge is -2.28. The largest absolute Gasteiger partial charge is 0.334 e. The first-order valence-corrected chi connectivity index (χ1v) is 10.3. The third-order valence-electron chi connectivity index (χ3n) is 5.29. The number of aromatic nitrogens is 1. The number of likely N-dealkylation sites (tertiary alicyclic amines) is 2. The average Bonchev–Trinajstić information content (AvgIpc) is 3.35. The molecule has 0 aliphatic carbocycles. The molecule has 26 heavy (non-hydrogen) atoms. The number of benzene rings is 1. The molecule has 1 amide bonds. The molecule has 4 nitrogen and oxygen atoms in total. The van der Waals surface area contributed by atoms with E-state index in [4.69, 9.17) is 0 Å². The molecule has 2 aromatic rings. The van der Waals surface area contributed by atoms with Crippen LogP contribution in [0.2, 0.25) is 0 Å². The van der Waals surface area contributed by atoms with Gasteiger partial charge in [-0.1, -0.05) is 11.8 Å². The van der Waals surface area contributed by atoms with Gasteiger partial charge in [-0.05, 0) is 75.2 Å². The highest BCUT2D eigenvalue weighted by Gasteiger charge is 2.31. The molecule has 2 fully saturated rings. The van der Waals surface area contributed by atoms with Gasteiger partial charge in [-0.3, -0.25) is 9.78 Å². The summed E-state index contributed by atoms with van der Waals surface area (Å²) in [6.45, 7) is 4.32. The summed E-state index contributed by atoms with van der Waals surface area (Å²) in [5, 5.41) is 0. The smallest absolute Gasteiger partial charge is 0.254 e. The predicted molar refractivity (Wildman–Crippen MR) is 105 cm³/mol. The van der Waals surface area contributed by atoms with Crippen molar-refractivity contribution in [3.8, 4) is 0 Å². The maximum Gasteiger partial charge on any atom is 0.254 e. The summed E-state index contributed by atoms with van der Waals surface area (Å²) in [5.74, 6) is 0.187. The summed E-state index contributed by atoms with van der Waals surface area (Å²) in [6.07, 6.45) is 8.47. The summed E-state index contributed by atoms with van der Waals surface area (Å²) in [7, 11) is 0. The first-order valence-electron chi connectivity index (χ1n) is 9.51. The Labute approximate surface area is 159 Å². The molecule has 5 heteroatoms. The van der Waals surface area contributed by atoms with Crippen LogP contribution in [0, 0.1) is 0 Å². The minimum atomic E-state index is 0.187. The third-order valence-corrected chi connectivity index (χ3v) is 6.31. The molecule has 0 bridgehead atoms. The maximum absolute atomic E-state index is 13.0. The number of carbonyl (C=O) groups is 1. The molecule has 0 unspecified atom stereocenters. The van der Waals surface area contributed by atoms with Gasteiger partial charge in [0.15, 0.2) is 0 Å². The monoisotopic (exact) mass is 367 g/mol. The molecule has 2 saturated heterocycles. The Morgan fingerprint density at radius 1 is 0.962 bits per heavy atom. The van der Waals surface area contributed by atoms with Crippen LogP contribution < -0.4 is 0 Å². The number of carbonyl (C=O) groups excluding carboxylic acids is 1. The van der Waals surface area contributed by atoms with Gasteiger partial charge in [0.05, 0.1) is 0 Å². The molecule has 4 rings (SSSR count). The van der Waals surface area contributed by atoms with E-state index in [1.807, 2.05) is 36.4 Å². The first-order chi connectivity index (χ1) is 12.8. The second kappa shape index (κ2) is 8.23. The Balaban J connectivity index is 1.40. The fourth-order valence-corrected chi connectivity index (χ4v) is 4.73. The minimum absolute atomic E-state index is 0.187. The Kier molecular flexibility index (Phi) is 5.56. The van der Waals surface area contributed by atoms with Crippen molar-refractivity contribution >= 4 is 17.7 Å². The van der Waals surface area contributed by atoms with Crippen LogP contribution in [-0.2, 0) is 0 Å². The highest BCUT2D eigenvalue weighted by molar-refractivity contribution is 7.99. The van der Waals surface area contributed by atoms with Crippen LogP contribution in [0.3, 0.4) is 0 Å². The number of hydrogen-bond acceptors (Lipinski definition) is 4. The fourth-order valence-electron chi connectivity index (χ4n) is 3.93. The van der Waals surface area contributed by atoms with Crippen LogP contribution in [0.5, 0.6) is 0 Å². The molecule has 1 atom stereocenters. The molecule has 0 spiro atoms. The molecule has 136 valence electrons. The highest BCUT2D eigenvalue weighted by Crippen LogP contribution is 2.28. The SMILES string of the molecule is O=C(c1ccc(Sc2ccncc2)cc1)N1CCC[C@H]1CN1CCCC1. The second-order valence-corrected chi connectivity index (χ2v) is 8.26. The maximum atomic E-state index is 13.0. The Morgan fingerprint density at radius 2 is 1.65 bits per heavy atom. The number of hydrogen-bond donors (Lipinski definition) is 0. The summed E-state index contributed by atoms with van der Waals surface area (Å²) < 4.78 is 0. The van der Waals surface area contributed by atoms with Crippen LogP contribution in [-0.4, -0.2) is 52.9 Å². The lowest BCUT2D eigenvalue weighted by molar-refractivity contribution is 0.0708. The van der Waals surface area contributed by atoms with Crippen molar-refractivity contribution in [1.29, 1.82) is 0 Å². The molecule has 2 aliphatic rings. The van der Waals surface area contributed by atoms with E-state index in [9.17, 15) is 4.79 Å². The van der Waals surface area contributed by atoms with Crippen LogP contribution in [0.4, 0.5) is 0 Å². The van der Waals surface area contributed by atoms with Crippen LogP contribution >= 0.6 is 11.8 Å². The number of nitrogens with zero attached hydrogens (tertiary/aromatic N) is 3. The standard InChI is InChI=1S/C21H25N3OS/c25-21(24-15-3-4-18(24)16-23-13-1-2-14-23)17-5-7-19(8-6-17)26-20-9-11-22-12-10-20/h5-12,18H,1-4,13-16H2/t18-/m0/s1. The summed E-state index contributed by atoms with van der Waals surface area (Å²) in [6, 6.07) is 12.4. The van der Waals surface area contributed by atoms with Crippen molar-refractivity contribution in [2.45, 2.75) is 41.5 Å². The van der Waals surface area contributed by atoms with Gasteiger partial charge in [0.1, 0.15) is 0 Å². The Hall–Kier alpha value is -1.85. The lowest BCUT2D eigenvalue weighted by Crippen LogP contribution is -2.42. The molecule has 0 radical (unpaired) electrons. The van der Waals surface area contributed by atoms with Gasteiger partial charge in [-0.25, -0.2) is 0 Å². The topological polar surface area (TPSA) is 36.4 Å². The fraction of sp³-hybridized carbons (Fsp3) is 0.429. The minimum Gasteiger partial charge on any atom is -0.334 e. The van der Waals surface area contributed by atoms with Crippen molar-refractivity contribution in [2.24, 2.45) is 0 Å². The van der Waals surface area contributed by atoms with E-state index in [2.05, 4.69) is 14.8 Å². The predicted octanol–water partition coefficient (Wildman–Crippen LogP) is 3.93. The zero-order chi connectivity index (χ0) is 17.8. The molecular weight excluding hydrogens is 342 g/mol. The molecule has 2 aliphatic heterocycles. The molecule has 1 aromatic heterocycles. The van der Waals surface area contributed by atoms with E-state index in [-0.39, 0.29) is 5.91 Å². The zero-order valence-corrected chi connectivity index (χ0v) is 15.8. The van der Waals surface area contributed by atoms with Gasteiger partial charge in [0, 0.05) is 46.9 Å². The van der Waals surface area contributed by atoms with Crippen LogP contribution in [0.15, 0.2) is 58.6 Å². The van der Waals surface area contributed by atoms with Gasteiger partial charge in [-0.15, -0.1) is 0 Å². The normalized spacial score (nSPS) is 20.6. The zero-order valence-electron chi connectivity index (χ0n) is 15.0. The number of pyridine rings is 1. The Morgan fingerprint density at radius 3 is 2.38 bits per heavy atom. The molecule has 3 heterocycles.